The quantitative estimate of drug-likeness (QED) is 0.501. The molecule has 0 aliphatic heterocycles. The molecule has 1 heterocycles. The minimum absolute atomic E-state index is 0.415. The molecule has 1 aromatic heterocycles. The topological polar surface area (TPSA) is 68.2 Å². The third-order valence-electron chi connectivity index (χ3n) is 4.76. The normalized spacial score (nSPS) is 12.8. The van der Waals surface area contributed by atoms with Crippen LogP contribution < -0.4 is 11.1 Å². The van der Waals surface area contributed by atoms with E-state index >= 15 is 0 Å². The maximum atomic E-state index is 6.06. The fourth-order valence-corrected chi connectivity index (χ4v) is 2.91. The lowest BCUT2D eigenvalue weighted by Gasteiger charge is -2.11. The van der Waals surface area contributed by atoms with Crippen molar-refractivity contribution in [3.63, 3.8) is 0 Å². The zero-order valence-electron chi connectivity index (χ0n) is 16.2. The Morgan fingerprint density at radius 1 is 1.19 bits per heavy atom. The lowest BCUT2D eigenvalue weighted by atomic mass is 9.99. The number of hydrogen-bond acceptors (Lipinski definition) is 2. The smallest absolute Gasteiger partial charge is 0.193 e. The highest BCUT2D eigenvalue weighted by molar-refractivity contribution is 5.92. The predicted octanol–water partition coefficient (Wildman–Crippen LogP) is 4.53. The number of nitrogens with one attached hydrogen (secondary N) is 1. The van der Waals surface area contributed by atoms with E-state index in [0.717, 1.165) is 28.8 Å². The van der Waals surface area contributed by atoms with Gasteiger partial charge in [-0.1, -0.05) is 44.2 Å². The van der Waals surface area contributed by atoms with E-state index in [1.165, 1.54) is 5.56 Å². The van der Waals surface area contributed by atoms with Crippen molar-refractivity contribution in [1.29, 1.82) is 0 Å². The molecule has 0 aliphatic carbocycles. The molecular weight excluding hydrogens is 334 g/mol. The Kier molecular flexibility index (Phi) is 5.91. The molecule has 140 valence electrons. The van der Waals surface area contributed by atoms with Gasteiger partial charge in [-0.05, 0) is 47.2 Å². The maximum absolute atomic E-state index is 6.06. The number of aromatic nitrogens is 2. The summed E-state index contributed by atoms with van der Waals surface area (Å²) in [7, 11) is 1.92. The van der Waals surface area contributed by atoms with E-state index in [-0.39, 0.29) is 0 Å². The van der Waals surface area contributed by atoms with Crippen LogP contribution in [0.1, 0.15) is 37.3 Å². The van der Waals surface area contributed by atoms with Crippen LogP contribution in [0.5, 0.6) is 0 Å². The molecule has 0 saturated heterocycles. The summed E-state index contributed by atoms with van der Waals surface area (Å²) < 4.78 is 1.80. The molecule has 1 atom stereocenters. The Bertz CT molecular complexity index is 908. The molecule has 0 amide bonds. The second-order valence-electron chi connectivity index (χ2n) is 6.86. The maximum Gasteiger partial charge on any atom is 0.193 e. The van der Waals surface area contributed by atoms with E-state index in [0.29, 0.717) is 18.4 Å². The average molecular weight is 361 g/mol. The summed E-state index contributed by atoms with van der Waals surface area (Å²) in [5.74, 6) is 0.982. The first-order valence-electron chi connectivity index (χ1n) is 9.30. The number of aryl methyl sites for hydroxylation is 1. The molecule has 0 saturated carbocycles. The van der Waals surface area contributed by atoms with Gasteiger partial charge in [-0.2, -0.15) is 5.10 Å². The summed E-state index contributed by atoms with van der Waals surface area (Å²) in [5.41, 5.74) is 11.7. The number of nitrogens with two attached hydrogens (primary N) is 1. The van der Waals surface area contributed by atoms with E-state index in [1.807, 2.05) is 37.6 Å². The first-order valence-corrected chi connectivity index (χ1v) is 9.30. The van der Waals surface area contributed by atoms with Crippen LogP contribution in [-0.4, -0.2) is 15.7 Å². The van der Waals surface area contributed by atoms with Crippen LogP contribution in [0.2, 0.25) is 0 Å². The number of rotatable bonds is 6. The van der Waals surface area contributed by atoms with E-state index in [9.17, 15) is 0 Å². The lowest BCUT2D eigenvalue weighted by Crippen LogP contribution is -2.22. The SMILES string of the molecule is CCC(C)c1ccc(NC(N)=NCc2cccc(-c3cnn(C)c3)c2)cc1. The van der Waals surface area contributed by atoms with Crippen LogP contribution in [0.3, 0.4) is 0 Å². The molecule has 3 aromatic rings. The van der Waals surface area contributed by atoms with Crippen molar-refractivity contribution in [3.8, 4) is 11.1 Å². The zero-order valence-corrected chi connectivity index (χ0v) is 16.2. The lowest BCUT2D eigenvalue weighted by molar-refractivity contribution is 0.734. The number of guanidine groups is 1. The van der Waals surface area contributed by atoms with E-state index < -0.39 is 0 Å². The summed E-state index contributed by atoms with van der Waals surface area (Å²) >= 11 is 0. The van der Waals surface area contributed by atoms with Gasteiger partial charge in [0.25, 0.3) is 0 Å². The van der Waals surface area contributed by atoms with Gasteiger partial charge in [0.1, 0.15) is 0 Å². The molecule has 5 nitrogen and oxygen atoms in total. The van der Waals surface area contributed by atoms with Crippen molar-refractivity contribution in [2.75, 3.05) is 5.32 Å². The van der Waals surface area contributed by atoms with Crippen molar-refractivity contribution in [2.45, 2.75) is 32.7 Å². The third-order valence-corrected chi connectivity index (χ3v) is 4.76. The Labute approximate surface area is 160 Å². The Balaban J connectivity index is 1.63. The fraction of sp³-hybridized carbons (Fsp3) is 0.273. The van der Waals surface area contributed by atoms with Crippen molar-refractivity contribution in [1.82, 2.24) is 9.78 Å². The number of aliphatic imine (C=N–C) groups is 1. The molecule has 0 spiro atoms. The molecule has 5 heteroatoms. The van der Waals surface area contributed by atoms with Crippen LogP contribution >= 0.6 is 0 Å². The molecule has 0 bridgehead atoms. The molecular formula is C22H27N5. The number of benzene rings is 2. The van der Waals surface area contributed by atoms with E-state index in [4.69, 9.17) is 5.73 Å². The van der Waals surface area contributed by atoms with Crippen LogP contribution in [-0.2, 0) is 13.6 Å². The van der Waals surface area contributed by atoms with Gasteiger partial charge in [0.05, 0.1) is 12.7 Å². The molecule has 0 aliphatic rings. The van der Waals surface area contributed by atoms with Gasteiger partial charge in [-0.25, -0.2) is 4.99 Å². The number of nitrogens with zero attached hydrogens (tertiary/aromatic N) is 3. The van der Waals surface area contributed by atoms with Gasteiger partial charge < -0.3 is 11.1 Å². The second-order valence-corrected chi connectivity index (χ2v) is 6.86. The first-order chi connectivity index (χ1) is 13.0. The van der Waals surface area contributed by atoms with E-state index in [1.54, 1.807) is 4.68 Å². The fourth-order valence-electron chi connectivity index (χ4n) is 2.91. The summed E-state index contributed by atoms with van der Waals surface area (Å²) in [4.78, 5) is 4.47. The van der Waals surface area contributed by atoms with Gasteiger partial charge in [-0.15, -0.1) is 0 Å². The van der Waals surface area contributed by atoms with Gasteiger partial charge in [0.2, 0.25) is 0 Å². The Morgan fingerprint density at radius 2 is 1.96 bits per heavy atom. The highest BCUT2D eigenvalue weighted by atomic mass is 15.2. The van der Waals surface area contributed by atoms with Crippen molar-refractivity contribution < 1.29 is 0 Å². The third kappa shape index (κ3) is 4.97. The monoisotopic (exact) mass is 361 g/mol. The molecule has 3 N–H and O–H groups in total. The van der Waals surface area contributed by atoms with Crippen LogP contribution in [0.15, 0.2) is 65.9 Å². The van der Waals surface area contributed by atoms with Crippen molar-refractivity contribution in [3.05, 3.63) is 72.1 Å². The van der Waals surface area contributed by atoms with Gasteiger partial charge in [0, 0.05) is 24.5 Å². The average Bonchev–Trinajstić information content (AvgIpc) is 3.13. The highest BCUT2D eigenvalue weighted by Crippen LogP contribution is 2.21. The van der Waals surface area contributed by atoms with E-state index in [2.05, 4.69) is 59.6 Å². The molecule has 0 fully saturated rings. The largest absolute Gasteiger partial charge is 0.370 e. The summed E-state index contributed by atoms with van der Waals surface area (Å²) in [6.07, 6.45) is 5.00. The van der Waals surface area contributed by atoms with Crippen LogP contribution in [0.4, 0.5) is 5.69 Å². The number of anilines is 1. The Hall–Kier alpha value is -3.08. The highest BCUT2D eigenvalue weighted by Gasteiger charge is 2.04. The van der Waals surface area contributed by atoms with Crippen molar-refractivity contribution >= 4 is 11.6 Å². The predicted molar refractivity (Wildman–Crippen MR) is 113 cm³/mol. The molecule has 1 unspecified atom stereocenters. The van der Waals surface area contributed by atoms with Crippen LogP contribution in [0, 0.1) is 0 Å². The first kappa shape index (κ1) is 18.7. The minimum Gasteiger partial charge on any atom is -0.370 e. The van der Waals surface area contributed by atoms with Gasteiger partial charge in [0.15, 0.2) is 5.96 Å². The molecule has 27 heavy (non-hydrogen) atoms. The standard InChI is InChI=1S/C22H27N5/c1-4-16(2)18-8-10-21(11-9-18)26-22(23)24-13-17-6-5-7-19(12-17)20-14-25-27(3)15-20/h5-12,14-16H,4,13H2,1-3H3,(H3,23,24,26). The summed E-state index contributed by atoms with van der Waals surface area (Å²) in [5, 5.41) is 7.39. The Morgan fingerprint density at radius 3 is 2.63 bits per heavy atom. The summed E-state index contributed by atoms with van der Waals surface area (Å²) in [6.45, 7) is 4.96. The minimum atomic E-state index is 0.415. The zero-order chi connectivity index (χ0) is 19.2. The number of hydrogen-bond donors (Lipinski definition) is 2. The second kappa shape index (κ2) is 8.54. The summed E-state index contributed by atoms with van der Waals surface area (Å²) in [6, 6.07) is 16.7. The van der Waals surface area contributed by atoms with Gasteiger partial charge >= 0.3 is 0 Å². The molecule has 3 rings (SSSR count). The molecule has 2 aromatic carbocycles. The van der Waals surface area contributed by atoms with Gasteiger partial charge in [-0.3, -0.25) is 4.68 Å². The van der Waals surface area contributed by atoms with Crippen LogP contribution in [0.25, 0.3) is 11.1 Å². The molecule has 0 radical (unpaired) electrons. The van der Waals surface area contributed by atoms with Crippen molar-refractivity contribution in [2.24, 2.45) is 17.8 Å².